The van der Waals surface area contributed by atoms with Crippen LogP contribution < -0.4 is 0 Å². The Labute approximate surface area is 105 Å². The van der Waals surface area contributed by atoms with Crippen molar-refractivity contribution in [2.75, 3.05) is 0 Å². The van der Waals surface area contributed by atoms with Crippen LogP contribution in [0.1, 0.15) is 21.8 Å². The minimum absolute atomic E-state index is 0.628. The average Bonchev–Trinajstić information content (AvgIpc) is 2.91. The molecule has 3 heterocycles. The number of fused-ring (bicyclic) bond motifs is 1. The van der Waals surface area contributed by atoms with E-state index in [9.17, 15) is 4.79 Å². The Morgan fingerprint density at radius 3 is 2.67 bits per heavy atom. The van der Waals surface area contributed by atoms with Crippen LogP contribution in [0, 0.1) is 13.8 Å². The normalized spacial score (nSPS) is 11.0. The van der Waals surface area contributed by atoms with Crippen molar-refractivity contribution in [3.05, 3.63) is 53.5 Å². The Morgan fingerprint density at radius 2 is 2.00 bits per heavy atom. The molecule has 0 aliphatic heterocycles. The molecule has 0 unspecified atom stereocenters. The van der Waals surface area contributed by atoms with Gasteiger partial charge < -0.3 is 8.82 Å². The first-order valence-electron chi connectivity index (χ1n) is 5.83. The van der Waals surface area contributed by atoms with Crippen LogP contribution in [0.5, 0.6) is 0 Å². The van der Waals surface area contributed by atoms with Crippen LogP contribution in [0.3, 0.4) is 0 Å². The Kier molecular flexibility index (Phi) is 2.33. The molecule has 0 spiro atoms. The van der Waals surface area contributed by atoms with Crippen LogP contribution >= 0.6 is 0 Å². The first-order valence-corrected chi connectivity index (χ1v) is 5.83. The summed E-state index contributed by atoms with van der Waals surface area (Å²) in [6, 6.07) is 9.80. The highest BCUT2D eigenvalue weighted by atomic mass is 16.3. The summed E-state index contributed by atoms with van der Waals surface area (Å²) >= 11 is 0. The topological polar surface area (TPSA) is 34.6 Å². The standard InChI is InChI=1S/C15H13NO2/c1-10-3-5-12-7-13(14(9-17)16(12)8-10)15-6-4-11(2)18-15/h3-9H,1-2H3. The molecule has 90 valence electrons. The van der Waals surface area contributed by atoms with Gasteiger partial charge in [0.05, 0.1) is 5.69 Å². The number of aldehydes is 1. The zero-order valence-corrected chi connectivity index (χ0v) is 10.3. The maximum atomic E-state index is 11.3. The van der Waals surface area contributed by atoms with E-state index in [1.165, 1.54) is 0 Å². The van der Waals surface area contributed by atoms with Gasteiger partial charge in [-0.15, -0.1) is 0 Å². The largest absolute Gasteiger partial charge is 0.461 e. The predicted octanol–water partition coefficient (Wildman–Crippen LogP) is 3.63. The summed E-state index contributed by atoms with van der Waals surface area (Å²) in [7, 11) is 0. The maximum absolute atomic E-state index is 11.3. The summed E-state index contributed by atoms with van der Waals surface area (Å²) in [6.07, 6.45) is 2.83. The van der Waals surface area contributed by atoms with Gasteiger partial charge >= 0.3 is 0 Å². The Balaban J connectivity index is 2.32. The van der Waals surface area contributed by atoms with Crippen LogP contribution in [0.15, 0.2) is 40.9 Å². The van der Waals surface area contributed by atoms with E-state index in [1.807, 2.05) is 54.8 Å². The summed E-state index contributed by atoms with van der Waals surface area (Å²) in [5, 5.41) is 0. The smallest absolute Gasteiger partial charge is 0.167 e. The summed E-state index contributed by atoms with van der Waals surface area (Å²) < 4.78 is 7.50. The lowest BCUT2D eigenvalue weighted by molar-refractivity contribution is 0.111. The molecule has 0 saturated carbocycles. The first kappa shape index (κ1) is 10.8. The fourth-order valence-corrected chi connectivity index (χ4v) is 2.19. The third-order valence-corrected chi connectivity index (χ3v) is 3.07. The third-order valence-electron chi connectivity index (χ3n) is 3.07. The van der Waals surface area contributed by atoms with Crippen molar-refractivity contribution in [3.63, 3.8) is 0 Å². The van der Waals surface area contributed by atoms with Crippen LogP contribution in [0.2, 0.25) is 0 Å². The zero-order chi connectivity index (χ0) is 12.7. The summed E-state index contributed by atoms with van der Waals surface area (Å²) in [6.45, 7) is 3.90. The van der Waals surface area contributed by atoms with Crippen LogP contribution in [-0.2, 0) is 0 Å². The van der Waals surface area contributed by atoms with Crippen molar-refractivity contribution in [1.82, 2.24) is 4.40 Å². The molecule has 0 saturated heterocycles. The van der Waals surface area contributed by atoms with Crippen molar-refractivity contribution in [2.24, 2.45) is 0 Å². The van der Waals surface area contributed by atoms with Crippen molar-refractivity contribution in [3.8, 4) is 11.3 Å². The second-order valence-corrected chi connectivity index (χ2v) is 4.47. The molecular formula is C15H13NO2. The molecule has 0 atom stereocenters. The average molecular weight is 239 g/mol. The van der Waals surface area contributed by atoms with Gasteiger partial charge in [-0.05, 0) is 43.7 Å². The molecule has 3 aromatic rings. The molecule has 3 rings (SSSR count). The number of pyridine rings is 1. The molecule has 3 heteroatoms. The Morgan fingerprint density at radius 1 is 1.17 bits per heavy atom. The summed E-state index contributed by atoms with van der Waals surface area (Å²) in [4.78, 5) is 11.3. The van der Waals surface area contributed by atoms with E-state index >= 15 is 0 Å². The lowest BCUT2D eigenvalue weighted by Crippen LogP contribution is -1.92. The fourth-order valence-electron chi connectivity index (χ4n) is 2.19. The molecule has 0 aliphatic rings. The molecule has 0 fully saturated rings. The van der Waals surface area contributed by atoms with Gasteiger partial charge in [0.2, 0.25) is 0 Å². The number of carbonyl (C=O) groups is 1. The lowest BCUT2D eigenvalue weighted by atomic mass is 10.2. The van der Waals surface area contributed by atoms with E-state index in [0.717, 1.165) is 34.5 Å². The van der Waals surface area contributed by atoms with E-state index in [4.69, 9.17) is 4.42 Å². The van der Waals surface area contributed by atoms with Crippen LogP contribution in [-0.4, -0.2) is 10.7 Å². The number of aryl methyl sites for hydroxylation is 2. The van der Waals surface area contributed by atoms with Gasteiger partial charge in [0.25, 0.3) is 0 Å². The van der Waals surface area contributed by atoms with Crippen LogP contribution in [0.4, 0.5) is 0 Å². The van der Waals surface area contributed by atoms with Gasteiger partial charge in [-0.25, -0.2) is 0 Å². The van der Waals surface area contributed by atoms with E-state index in [2.05, 4.69) is 0 Å². The number of aromatic nitrogens is 1. The molecule has 0 N–H and O–H groups in total. The maximum Gasteiger partial charge on any atom is 0.167 e. The minimum Gasteiger partial charge on any atom is -0.461 e. The predicted molar refractivity (Wildman–Crippen MR) is 70.0 cm³/mol. The third kappa shape index (κ3) is 1.56. The highest BCUT2D eigenvalue weighted by Crippen LogP contribution is 2.28. The number of hydrogen-bond donors (Lipinski definition) is 0. The number of carbonyl (C=O) groups excluding carboxylic acids is 1. The van der Waals surface area contributed by atoms with E-state index in [0.29, 0.717) is 5.69 Å². The Bertz CT molecular complexity index is 734. The Hall–Kier alpha value is -2.29. The van der Waals surface area contributed by atoms with Gasteiger partial charge in [0.15, 0.2) is 6.29 Å². The van der Waals surface area contributed by atoms with Gasteiger partial charge in [0, 0.05) is 17.3 Å². The van der Waals surface area contributed by atoms with Crippen molar-refractivity contribution in [1.29, 1.82) is 0 Å². The highest BCUT2D eigenvalue weighted by Gasteiger charge is 2.13. The SMILES string of the molecule is Cc1ccc2cc(-c3ccc(C)o3)c(C=O)n2c1. The van der Waals surface area contributed by atoms with Gasteiger partial charge in [-0.2, -0.15) is 0 Å². The number of rotatable bonds is 2. The van der Waals surface area contributed by atoms with Gasteiger partial charge in [-0.1, -0.05) is 6.07 Å². The molecule has 0 radical (unpaired) electrons. The second-order valence-electron chi connectivity index (χ2n) is 4.47. The number of hydrogen-bond acceptors (Lipinski definition) is 2. The molecular weight excluding hydrogens is 226 g/mol. The minimum atomic E-state index is 0.628. The quantitative estimate of drug-likeness (QED) is 0.640. The van der Waals surface area contributed by atoms with Crippen molar-refractivity contribution >= 4 is 11.8 Å². The molecule has 3 aromatic heterocycles. The lowest BCUT2D eigenvalue weighted by Gasteiger charge is -1.99. The van der Waals surface area contributed by atoms with Gasteiger partial charge in [-0.3, -0.25) is 4.79 Å². The number of furan rings is 1. The van der Waals surface area contributed by atoms with Crippen LogP contribution in [0.25, 0.3) is 16.8 Å². The van der Waals surface area contributed by atoms with E-state index < -0.39 is 0 Å². The summed E-state index contributed by atoms with van der Waals surface area (Å²) in [5.74, 6) is 1.57. The monoisotopic (exact) mass is 239 g/mol. The molecule has 0 bridgehead atoms. The molecule has 18 heavy (non-hydrogen) atoms. The second kappa shape index (κ2) is 3.88. The number of nitrogens with zero attached hydrogens (tertiary/aromatic N) is 1. The fraction of sp³-hybridized carbons (Fsp3) is 0.133. The molecule has 0 amide bonds. The molecule has 0 aromatic carbocycles. The zero-order valence-electron chi connectivity index (χ0n) is 10.3. The first-order chi connectivity index (χ1) is 8.69. The molecule has 0 aliphatic carbocycles. The van der Waals surface area contributed by atoms with Crippen molar-refractivity contribution in [2.45, 2.75) is 13.8 Å². The van der Waals surface area contributed by atoms with E-state index in [-0.39, 0.29) is 0 Å². The molecule has 3 nitrogen and oxygen atoms in total. The summed E-state index contributed by atoms with van der Waals surface area (Å²) in [5.41, 5.74) is 3.57. The van der Waals surface area contributed by atoms with Crippen molar-refractivity contribution < 1.29 is 9.21 Å². The van der Waals surface area contributed by atoms with Gasteiger partial charge in [0.1, 0.15) is 11.5 Å². The highest BCUT2D eigenvalue weighted by molar-refractivity contribution is 5.88. The van der Waals surface area contributed by atoms with E-state index in [1.54, 1.807) is 0 Å².